The second-order valence-electron chi connectivity index (χ2n) is 7.47. The molecule has 0 aliphatic carbocycles. The third kappa shape index (κ3) is 4.24. The van der Waals surface area contributed by atoms with Crippen molar-refractivity contribution in [3.63, 3.8) is 0 Å². The molecular weight excluding hydrogens is 412 g/mol. The highest BCUT2D eigenvalue weighted by Crippen LogP contribution is 2.24. The maximum atomic E-state index is 13.1. The van der Waals surface area contributed by atoms with Gasteiger partial charge in [0.2, 0.25) is 0 Å². The third-order valence-electron chi connectivity index (χ3n) is 5.33. The molecule has 7 heteroatoms. The van der Waals surface area contributed by atoms with Crippen LogP contribution in [-0.4, -0.2) is 31.1 Å². The number of para-hydroxylation sites is 1. The van der Waals surface area contributed by atoms with Crippen molar-refractivity contribution in [2.45, 2.75) is 6.92 Å². The zero-order valence-corrected chi connectivity index (χ0v) is 17.9. The Labute approximate surface area is 190 Å². The van der Waals surface area contributed by atoms with Crippen LogP contribution in [0.3, 0.4) is 0 Å². The average molecular weight is 432 g/mol. The van der Waals surface area contributed by atoms with E-state index in [1.54, 1.807) is 31.0 Å². The summed E-state index contributed by atoms with van der Waals surface area (Å²) in [4.78, 5) is 26.0. The van der Waals surface area contributed by atoms with Crippen LogP contribution in [0.25, 0.3) is 27.8 Å². The number of nitrogens with zero attached hydrogens (tertiary/aromatic N) is 5. The van der Waals surface area contributed by atoms with Crippen LogP contribution in [0, 0.1) is 0 Å². The smallest absolute Gasteiger partial charge is 0.272 e. The van der Waals surface area contributed by atoms with Gasteiger partial charge in [0, 0.05) is 41.4 Å². The number of fused-ring (bicyclic) bond motifs is 1. The van der Waals surface area contributed by atoms with Gasteiger partial charge in [0.1, 0.15) is 0 Å². The SMILES string of the molecule is CC(=NNC(=O)c1cc(-c2cccnc2)nc2ccccc12)c1ccc(-n2ccnc2)cc1. The van der Waals surface area contributed by atoms with Crippen LogP contribution in [0.2, 0.25) is 0 Å². The molecule has 2 aromatic carbocycles. The van der Waals surface area contributed by atoms with Crippen molar-refractivity contribution in [1.82, 2.24) is 24.9 Å². The molecule has 1 N–H and O–H groups in total. The van der Waals surface area contributed by atoms with E-state index < -0.39 is 0 Å². The molecule has 0 aliphatic rings. The lowest BCUT2D eigenvalue weighted by atomic mass is 10.0. The Morgan fingerprint density at radius 2 is 1.82 bits per heavy atom. The normalized spacial score (nSPS) is 11.5. The molecule has 0 bridgehead atoms. The summed E-state index contributed by atoms with van der Waals surface area (Å²) in [5.41, 5.74) is 8.08. The molecular formula is C26H20N6O. The number of aromatic nitrogens is 4. The number of amides is 1. The summed E-state index contributed by atoms with van der Waals surface area (Å²) in [6.07, 6.45) is 8.80. The molecule has 0 saturated heterocycles. The van der Waals surface area contributed by atoms with E-state index in [-0.39, 0.29) is 5.91 Å². The Morgan fingerprint density at radius 1 is 0.970 bits per heavy atom. The number of hydrogen-bond donors (Lipinski definition) is 1. The van der Waals surface area contributed by atoms with Crippen LogP contribution in [0.15, 0.2) is 103 Å². The highest BCUT2D eigenvalue weighted by atomic mass is 16.2. The number of hydrogen-bond acceptors (Lipinski definition) is 5. The molecule has 0 saturated carbocycles. The van der Waals surface area contributed by atoms with E-state index in [2.05, 4.69) is 20.5 Å². The van der Waals surface area contributed by atoms with E-state index in [4.69, 9.17) is 4.98 Å². The maximum Gasteiger partial charge on any atom is 0.272 e. The summed E-state index contributed by atoms with van der Waals surface area (Å²) in [6.45, 7) is 1.86. The lowest BCUT2D eigenvalue weighted by molar-refractivity contribution is 0.0956. The molecule has 0 atom stereocenters. The number of nitrogens with one attached hydrogen (secondary N) is 1. The van der Waals surface area contributed by atoms with Crippen molar-refractivity contribution in [2.24, 2.45) is 5.10 Å². The Balaban J connectivity index is 1.42. The molecule has 1 amide bonds. The molecule has 0 radical (unpaired) electrons. The first-order chi connectivity index (χ1) is 16.2. The minimum Gasteiger partial charge on any atom is -0.306 e. The van der Waals surface area contributed by atoms with Gasteiger partial charge in [0.05, 0.1) is 28.8 Å². The molecule has 5 aromatic rings. The first kappa shape index (κ1) is 20.3. The zero-order chi connectivity index (χ0) is 22.6. The van der Waals surface area contributed by atoms with E-state index >= 15 is 0 Å². The minimum atomic E-state index is -0.298. The Kier molecular flexibility index (Phi) is 5.43. The second-order valence-corrected chi connectivity index (χ2v) is 7.47. The van der Waals surface area contributed by atoms with Gasteiger partial charge in [-0.15, -0.1) is 0 Å². The van der Waals surface area contributed by atoms with Gasteiger partial charge in [0.15, 0.2) is 0 Å². The molecule has 5 rings (SSSR count). The van der Waals surface area contributed by atoms with Crippen molar-refractivity contribution in [1.29, 1.82) is 0 Å². The van der Waals surface area contributed by atoms with Crippen molar-refractivity contribution >= 4 is 22.5 Å². The summed E-state index contributed by atoms with van der Waals surface area (Å²) >= 11 is 0. The number of carbonyl (C=O) groups excluding carboxylic acids is 1. The number of rotatable bonds is 5. The van der Waals surface area contributed by atoms with Crippen molar-refractivity contribution in [3.05, 3.63) is 109 Å². The van der Waals surface area contributed by atoms with Crippen LogP contribution < -0.4 is 5.43 Å². The molecule has 160 valence electrons. The van der Waals surface area contributed by atoms with Crippen molar-refractivity contribution < 1.29 is 4.79 Å². The fourth-order valence-corrected chi connectivity index (χ4v) is 3.57. The predicted octanol–water partition coefficient (Wildman–Crippen LogP) is 4.64. The fourth-order valence-electron chi connectivity index (χ4n) is 3.57. The predicted molar refractivity (Wildman–Crippen MR) is 128 cm³/mol. The first-order valence-electron chi connectivity index (χ1n) is 10.4. The number of carbonyl (C=O) groups is 1. The molecule has 33 heavy (non-hydrogen) atoms. The molecule has 0 fully saturated rings. The van der Waals surface area contributed by atoms with E-state index in [1.807, 2.05) is 78.4 Å². The Hall–Kier alpha value is -4.65. The van der Waals surface area contributed by atoms with Gasteiger partial charge in [-0.3, -0.25) is 9.78 Å². The Morgan fingerprint density at radius 3 is 2.58 bits per heavy atom. The highest BCUT2D eigenvalue weighted by Gasteiger charge is 2.14. The van der Waals surface area contributed by atoms with Crippen LogP contribution in [-0.2, 0) is 0 Å². The fraction of sp³-hybridized carbons (Fsp3) is 0.0385. The van der Waals surface area contributed by atoms with Crippen molar-refractivity contribution in [2.75, 3.05) is 0 Å². The lowest BCUT2D eigenvalue weighted by Gasteiger charge is -2.09. The van der Waals surface area contributed by atoms with Gasteiger partial charge >= 0.3 is 0 Å². The standard InChI is InChI=1S/C26H20N6O/c1-18(19-8-10-21(11-9-19)32-14-13-28-17-32)30-31-26(33)23-15-25(20-5-4-12-27-16-20)29-24-7-3-2-6-22(23)24/h2-17H,1H3,(H,31,33). The summed E-state index contributed by atoms with van der Waals surface area (Å²) in [5.74, 6) is -0.298. The van der Waals surface area contributed by atoms with Crippen molar-refractivity contribution in [3.8, 4) is 16.9 Å². The topological polar surface area (TPSA) is 85.1 Å². The van der Waals surface area contributed by atoms with Crippen LogP contribution in [0.5, 0.6) is 0 Å². The van der Waals surface area contributed by atoms with Gasteiger partial charge in [-0.25, -0.2) is 15.4 Å². The van der Waals surface area contributed by atoms with Gasteiger partial charge in [0.25, 0.3) is 5.91 Å². The number of benzene rings is 2. The largest absolute Gasteiger partial charge is 0.306 e. The second kappa shape index (κ2) is 8.84. The summed E-state index contributed by atoms with van der Waals surface area (Å²) in [6, 6.07) is 21.0. The quantitative estimate of drug-likeness (QED) is 0.324. The van der Waals surface area contributed by atoms with Gasteiger partial charge < -0.3 is 4.57 Å². The summed E-state index contributed by atoms with van der Waals surface area (Å²) < 4.78 is 1.92. The molecule has 7 nitrogen and oxygen atoms in total. The van der Waals surface area contributed by atoms with E-state index in [0.29, 0.717) is 17.0 Å². The van der Waals surface area contributed by atoms with E-state index in [9.17, 15) is 4.79 Å². The van der Waals surface area contributed by atoms with Gasteiger partial charge in [-0.2, -0.15) is 5.10 Å². The van der Waals surface area contributed by atoms with Crippen LogP contribution in [0.1, 0.15) is 22.8 Å². The van der Waals surface area contributed by atoms with Crippen LogP contribution >= 0.6 is 0 Å². The number of hydrazone groups is 1. The molecule has 3 heterocycles. The molecule has 0 aliphatic heterocycles. The average Bonchev–Trinajstić information content (AvgIpc) is 3.42. The Bertz CT molecular complexity index is 1440. The lowest BCUT2D eigenvalue weighted by Crippen LogP contribution is -2.20. The summed E-state index contributed by atoms with van der Waals surface area (Å²) in [7, 11) is 0. The highest BCUT2D eigenvalue weighted by molar-refractivity contribution is 6.08. The minimum absolute atomic E-state index is 0.298. The third-order valence-corrected chi connectivity index (χ3v) is 5.33. The maximum absolute atomic E-state index is 13.1. The monoisotopic (exact) mass is 432 g/mol. The van der Waals surface area contributed by atoms with Gasteiger partial charge in [-0.1, -0.05) is 30.3 Å². The van der Waals surface area contributed by atoms with Crippen LogP contribution in [0.4, 0.5) is 0 Å². The zero-order valence-electron chi connectivity index (χ0n) is 17.9. The number of imidazole rings is 1. The van der Waals surface area contributed by atoms with Gasteiger partial charge in [-0.05, 0) is 48.9 Å². The summed E-state index contributed by atoms with van der Waals surface area (Å²) in [5, 5.41) is 5.10. The molecule has 3 aromatic heterocycles. The first-order valence-corrected chi connectivity index (χ1v) is 10.4. The van der Waals surface area contributed by atoms with E-state index in [1.165, 1.54) is 0 Å². The molecule has 0 unspecified atom stereocenters. The molecule has 0 spiro atoms. The van der Waals surface area contributed by atoms with E-state index in [0.717, 1.165) is 27.7 Å². The number of pyridine rings is 2.